The summed E-state index contributed by atoms with van der Waals surface area (Å²) < 4.78 is 4.81. The van der Waals surface area contributed by atoms with E-state index in [9.17, 15) is 9.59 Å². The molecule has 1 heterocycles. The fourth-order valence-corrected chi connectivity index (χ4v) is 3.55. The van der Waals surface area contributed by atoms with Crippen LogP contribution in [0, 0.1) is 0 Å². The smallest absolute Gasteiger partial charge is 0.319 e. The molecule has 1 saturated carbocycles. The molecule has 1 unspecified atom stereocenters. The van der Waals surface area contributed by atoms with Gasteiger partial charge in [-0.15, -0.1) is 0 Å². The van der Waals surface area contributed by atoms with Crippen molar-refractivity contribution in [2.75, 3.05) is 26.7 Å². The van der Waals surface area contributed by atoms with Gasteiger partial charge in [0.25, 0.3) is 0 Å². The molecule has 5 heteroatoms. The Labute approximate surface area is 127 Å². The number of piperidine rings is 1. The molecule has 0 spiro atoms. The molecule has 5 nitrogen and oxygen atoms in total. The third-order valence-corrected chi connectivity index (χ3v) is 4.86. The summed E-state index contributed by atoms with van der Waals surface area (Å²) in [7, 11) is 1.41. The molecule has 0 aromatic heterocycles. The molecule has 1 atom stereocenters. The van der Waals surface area contributed by atoms with Gasteiger partial charge >= 0.3 is 5.97 Å². The average molecular weight is 296 g/mol. The van der Waals surface area contributed by atoms with Crippen molar-refractivity contribution in [3.8, 4) is 0 Å². The second kappa shape index (κ2) is 7.78. The van der Waals surface area contributed by atoms with Crippen molar-refractivity contribution in [2.24, 2.45) is 0 Å². The van der Waals surface area contributed by atoms with Crippen LogP contribution in [0.1, 0.15) is 51.9 Å². The van der Waals surface area contributed by atoms with Crippen LogP contribution in [-0.2, 0) is 14.3 Å². The second-order valence-corrected chi connectivity index (χ2v) is 6.25. The fourth-order valence-electron chi connectivity index (χ4n) is 3.55. The maximum Gasteiger partial charge on any atom is 0.319 e. The first-order valence-electron chi connectivity index (χ1n) is 8.25. The van der Waals surface area contributed by atoms with Crippen LogP contribution in [0.25, 0.3) is 0 Å². The van der Waals surface area contributed by atoms with Crippen molar-refractivity contribution in [2.45, 2.75) is 64.0 Å². The normalized spacial score (nSPS) is 21.6. The van der Waals surface area contributed by atoms with Crippen LogP contribution < -0.4 is 0 Å². The predicted octanol–water partition coefficient (Wildman–Crippen LogP) is 1.80. The number of carbonyl (C=O) groups excluding carboxylic acids is 2. The number of carbonyl (C=O) groups is 2. The molecule has 0 aromatic carbocycles. The lowest BCUT2D eigenvalue weighted by Gasteiger charge is -2.37. The van der Waals surface area contributed by atoms with Gasteiger partial charge in [0.15, 0.2) is 0 Å². The lowest BCUT2D eigenvalue weighted by atomic mass is 10.1. The quantitative estimate of drug-likeness (QED) is 0.726. The van der Waals surface area contributed by atoms with Crippen LogP contribution in [0.2, 0.25) is 0 Å². The third kappa shape index (κ3) is 4.19. The van der Waals surface area contributed by atoms with Gasteiger partial charge in [0.2, 0.25) is 5.91 Å². The van der Waals surface area contributed by atoms with E-state index in [0.29, 0.717) is 6.04 Å². The van der Waals surface area contributed by atoms with Crippen LogP contribution >= 0.6 is 0 Å². The lowest BCUT2D eigenvalue weighted by molar-refractivity contribution is -0.146. The molecule has 0 radical (unpaired) electrons. The standard InChI is InChI=1S/C16H28N2O3/c1-13(16(20)17-10-6-3-7-11-17)18(12-15(19)21-2)14-8-4-5-9-14/h13-14H,3-12H2,1-2H3. The Morgan fingerprint density at radius 1 is 1.14 bits per heavy atom. The molecule has 1 amide bonds. The summed E-state index contributed by atoms with van der Waals surface area (Å²) in [5, 5.41) is 0. The highest BCUT2D eigenvalue weighted by atomic mass is 16.5. The van der Waals surface area contributed by atoms with Crippen LogP contribution in [0.3, 0.4) is 0 Å². The summed E-state index contributed by atoms with van der Waals surface area (Å²) >= 11 is 0. The molecule has 2 aliphatic rings. The van der Waals surface area contributed by atoms with E-state index in [1.165, 1.54) is 26.4 Å². The fraction of sp³-hybridized carbons (Fsp3) is 0.875. The number of methoxy groups -OCH3 is 1. The number of nitrogens with zero attached hydrogens (tertiary/aromatic N) is 2. The monoisotopic (exact) mass is 296 g/mol. The highest BCUT2D eigenvalue weighted by Gasteiger charge is 2.34. The Kier molecular flexibility index (Phi) is 6.03. The number of amides is 1. The van der Waals surface area contributed by atoms with E-state index < -0.39 is 0 Å². The summed E-state index contributed by atoms with van der Waals surface area (Å²) in [4.78, 5) is 28.4. The molecule has 0 N–H and O–H groups in total. The van der Waals surface area contributed by atoms with Crippen molar-refractivity contribution in [1.29, 1.82) is 0 Å². The van der Waals surface area contributed by atoms with Crippen molar-refractivity contribution in [3.05, 3.63) is 0 Å². The van der Waals surface area contributed by atoms with Crippen LogP contribution in [-0.4, -0.2) is 60.5 Å². The molecule has 1 aliphatic carbocycles. The number of hydrogen-bond donors (Lipinski definition) is 0. The van der Waals surface area contributed by atoms with Crippen LogP contribution in [0.4, 0.5) is 0 Å². The minimum atomic E-state index is -0.250. The summed E-state index contributed by atoms with van der Waals surface area (Å²) in [6.45, 7) is 3.89. The molecule has 0 bridgehead atoms. The molecule has 1 saturated heterocycles. The van der Waals surface area contributed by atoms with E-state index in [4.69, 9.17) is 4.74 Å². The molecular weight excluding hydrogens is 268 g/mol. The first-order valence-corrected chi connectivity index (χ1v) is 8.25. The summed E-state index contributed by atoms with van der Waals surface area (Å²) in [6, 6.07) is 0.109. The topological polar surface area (TPSA) is 49.9 Å². The molecular formula is C16H28N2O3. The summed E-state index contributed by atoms with van der Waals surface area (Å²) in [5.74, 6) is -0.0781. The highest BCUT2D eigenvalue weighted by Crippen LogP contribution is 2.26. The van der Waals surface area contributed by atoms with Crippen molar-refractivity contribution in [3.63, 3.8) is 0 Å². The SMILES string of the molecule is COC(=O)CN(C1CCCC1)C(C)C(=O)N1CCCCC1. The zero-order valence-corrected chi connectivity index (χ0v) is 13.3. The van der Waals surface area contributed by atoms with Gasteiger partial charge in [0.1, 0.15) is 0 Å². The molecule has 1 aliphatic heterocycles. The maximum absolute atomic E-state index is 12.7. The molecule has 2 fully saturated rings. The number of esters is 1. The lowest BCUT2D eigenvalue weighted by Crippen LogP contribution is -2.53. The van der Waals surface area contributed by atoms with Crippen molar-refractivity contribution in [1.82, 2.24) is 9.80 Å². The Hall–Kier alpha value is -1.10. The molecule has 0 aromatic rings. The number of hydrogen-bond acceptors (Lipinski definition) is 4. The molecule has 2 rings (SSSR count). The Balaban J connectivity index is 2.02. The van der Waals surface area contributed by atoms with E-state index in [0.717, 1.165) is 38.8 Å². The van der Waals surface area contributed by atoms with Gasteiger partial charge in [0.05, 0.1) is 19.7 Å². The van der Waals surface area contributed by atoms with Crippen molar-refractivity contribution >= 4 is 11.9 Å². The Bertz CT molecular complexity index is 361. The van der Waals surface area contributed by atoms with E-state index in [1.54, 1.807) is 0 Å². The molecule has 21 heavy (non-hydrogen) atoms. The zero-order valence-electron chi connectivity index (χ0n) is 13.3. The summed E-state index contributed by atoms with van der Waals surface area (Å²) in [6.07, 6.45) is 7.94. The number of likely N-dealkylation sites (tertiary alicyclic amines) is 1. The maximum atomic E-state index is 12.7. The van der Waals surface area contributed by atoms with Crippen molar-refractivity contribution < 1.29 is 14.3 Å². The van der Waals surface area contributed by atoms with Gasteiger partial charge in [-0.25, -0.2) is 0 Å². The van der Waals surface area contributed by atoms with Crippen LogP contribution in [0.5, 0.6) is 0 Å². The van der Waals surface area contributed by atoms with Gasteiger partial charge in [0, 0.05) is 19.1 Å². The van der Waals surface area contributed by atoms with Gasteiger partial charge in [-0.2, -0.15) is 0 Å². The van der Waals surface area contributed by atoms with Gasteiger partial charge in [-0.3, -0.25) is 14.5 Å². The minimum Gasteiger partial charge on any atom is -0.468 e. The Morgan fingerprint density at radius 3 is 2.33 bits per heavy atom. The third-order valence-electron chi connectivity index (χ3n) is 4.86. The Morgan fingerprint density at radius 2 is 1.76 bits per heavy atom. The molecule has 120 valence electrons. The van der Waals surface area contributed by atoms with Gasteiger partial charge in [-0.05, 0) is 39.0 Å². The predicted molar refractivity (Wildman–Crippen MR) is 80.9 cm³/mol. The van der Waals surface area contributed by atoms with E-state index in [2.05, 4.69) is 4.90 Å². The van der Waals surface area contributed by atoms with E-state index in [-0.39, 0.29) is 24.5 Å². The van der Waals surface area contributed by atoms with Crippen LogP contribution in [0.15, 0.2) is 0 Å². The van der Waals surface area contributed by atoms with Gasteiger partial charge in [-0.1, -0.05) is 12.8 Å². The zero-order chi connectivity index (χ0) is 15.2. The number of rotatable bonds is 5. The number of ether oxygens (including phenoxy) is 1. The summed E-state index contributed by atoms with van der Waals surface area (Å²) in [5.41, 5.74) is 0. The average Bonchev–Trinajstić information content (AvgIpc) is 3.06. The largest absolute Gasteiger partial charge is 0.468 e. The second-order valence-electron chi connectivity index (χ2n) is 6.25. The van der Waals surface area contributed by atoms with E-state index >= 15 is 0 Å². The van der Waals surface area contributed by atoms with Gasteiger partial charge < -0.3 is 9.64 Å². The minimum absolute atomic E-state index is 0.172. The van der Waals surface area contributed by atoms with E-state index in [1.807, 2.05) is 11.8 Å². The first kappa shape index (κ1) is 16.3. The first-order chi connectivity index (χ1) is 10.1. The highest BCUT2D eigenvalue weighted by molar-refractivity contribution is 5.82.